The number of Topliss-reactive ketones (excluding diaryl/α,β-unsaturated/α-hetero) is 2. The zero-order valence-corrected chi connectivity index (χ0v) is 46.1. The number of aromatic hydroxyl groups is 1. The number of nitrogens with two attached hydrogens (primary N) is 1. The van der Waals surface area contributed by atoms with Crippen molar-refractivity contribution in [3.63, 3.8) is 0 Å². The molecule has 0 bridgehead atoms. The Morgan fingerprint density at radius 3 is 2.54 bits per heavy atom. The highest BCUT2D eigenvalue weighted by Crippen LogP contribution is 2.66. The molecule has 3 heterocycles. The van der Waals surface area contributed by atoms with E-state index in [1.165, 1.54) is 18.4 Å². The van der Waals surface area contributed by atoms with E-state index >= 15 is 4.79 Å². The van der Waals surface area contributed by atoms with Crippen LogP contribution in [0, 0.1) is 58.7 Å². The van der Waals surface area contributed by atoms with Crippen LogP contribution in [-0.2, 0) is 16.0 Å². The number of fused-ring (bicyclic) bond motifs is 5. The van der Waals surface area contributed by atoms with Gasteiger partial charge in [0.25, 0.3) is 0 Å². The first-order valence-electron chi connectivity index (χ1n) is 30.0. The van der Waals surface area contributed by atoms with Gasteiger partial charge in [-0.25, -0.2) is 0 Å². The maximum absolute atomic E-state index is 15.2. The summed E-state index contributed by atoms with van der Waals surface area (Å²) in [4.78, 5) is 32.3. The second-order valence-electron chi connectivity index (χ2n) is 25.4. The summed E-state index contributed by atoms with van der Waals surface area (Å²) < 4.78 is 5.60. The summed E-state index contributed by atoms with van der Waals surface area (Å²) in [5.74, 6) is 9.03. The third-order valence-electron chi connectivity index (χ3n) is 21.3. The fraction of sp³-hybridized carbons (Fsp3) is 0.576. The molecule has 16 unspecified atom stereocenters. The van der Waals surface area contributed by atoms with Crippen molar-refractivity contribution in [3.05, 3.63) is 118 Å². The van der Waals surface area contributed by atoms with Gasteiger partial charge in [0, 0.05) is 61.5 Å². The number of phenolic OH excluding ortho intramolecular Hbond substituents is 1. The van der Waals surface area contributed by atoms with Crippen molar-refractivity contribution in [2.24, 2.45) is 52.6 Å². The largest absolute Gasteiger partial charge is 0.504 e. The fourth-order valence-electron chi connectivity index (χ4n) is 17.6. The van der Waals surface area contributed by atoms with Gasteiger partial charge in [-0.05, 0) is 194 Å². The molecule has 8 aliphatic rings. The molecule has 1 aromatic heterocycles. The molecule has 1 spiro atoms. The number of carbonyl (C=O) groups is 2. The molecule has 4 saturated carbocycles. The summed E-state index contributed by atoms with van der Waals surface area (Å²) in [6, 6.07) is 20.2. The number of piperidine rings is 1. The maximum Gasteiger partial charge on any atom is 0.160 e. The van der Waals surface area contributed by atoms with Crippen LogP contribution in [0.25, 0.3) is 10.8 Å². The van der Waals surface area contributed by atoms with E-state index in [0.29, 0.717) is 80.0 Å². The molecule has 16 atom stereocenters. The zero-order valence-electron chi connectivity index (χ0n) is 46.1. The summed E-state index contributed by atoms with van der Waals surface area (Å²) in [7, 11) is 1.49. The molecule has 5 fully saturated rings. The molecule has 6 aliphatic carbocycles. The van der Waals surface area contributed by atoms with E-state index in [-0.39, 0.29) is 84.0 Å². The molecule has 11 N–H and O–H groups in total. The molecule has 0 radical (unpaired) electrons. The van der Waals surface area contributed by atoms with Crippen molar-refractivity contribution >= 4 is 22.3 Å². The third-order valence-corrected chi connectivity index (χ3v) is 21.3. The van der Waals surface area contributed by atoms with E-state index in [1.807, 2.05) is 18.2 Å². The quantitative estimate of drug-likeness (QED) is 0.0514. The highest BCUT2D eigenvalue weighted by molar-refractivity contribution is 5.89. The zero-order chi connectivity index (χ0) is 54.7. The van der Waals surface area contributed by atoms with E-state index in [9.17, 15) is 30.3 Å². The van der Waals surface area contributed by atoms with Crippen molar-refractivity contribution in [1.82, 2.24) is 20.9 Å². The number of hydrogen-bond acceptors (Lipinski definition) is 12. The first-order chi connectivity index (χ1) is 38.3. The Bertz CT molecular complexity index is 3060. The Balaban J connectivity index is 0.873. The molecular weight excluding hydrogens is 991 g/mol. The van der Waals surface area contributed by atoms with Crippen molar-refractivity contribution in [2.75, 3.05) is 33.3 Å². The number of aryl methyl sites for hydroxylation is 1. The average molecular weight is 1070 g/mol. The van der Waals surface area contributed by atoms with Crippen LogP contribution in [0.4, 0.5) is 0 Å². The number of aliphatic hydroxyl groups excluding tert-OH is 3. The van der Waals surface area contributed by atoms with Crippen LogP contribution in [0.2, 0.25) is 0 Å². The number of ether oxygens (including phenoxy) is 1. The van der Waals surface area contributed by atoms with Crippen LogP contribution >= 0.6 is 0 Å². The average Bonchev–Trinajstić information content (AvgIpc) is 3.45. The molecular formula is C66H83N5O8. The summed E-state index contributed by atoms with van der Waals surface area (Å²) in [5.41, 5.74) is 10.2. The number of H-pyrrole nitrogens is 1. The molecule has 13 nitrogen and oxygen atoms in total. The van der Waals surface area contributed by atoms with Gasteiger partial charge < -0.3 is 56.9 Å². The van der Waals surface area contributed by atoms with Crippen LogP contribution in [-0.4, -0.2) is 105 Å². The first-order valence-corrected chi connectivity index (χ1v) is 30.0. The lowest BCUT2D eigenvalue weighted by molar-refractivity contribution is -0.141. The van der Waals surface area contributed by atoms with E-state index < -0.39 is 35.2 Å². The van der Waals surface area contributed by atoms with Crippen molar-refractivity contribution < 1.29 is 39.9 Å². The summed E-state index contributed by atoms with van der Waals surface area (Å²) in [6.45, 7) is 5.16. The highest BCUT2D eigenvalue weighted by atomic mass is 16.5. The smallest absolute Gasteiger partial charge is 0.160 e. The van der Waals surface area contributed by atoms with Gasteiger partial charge in [0.1, 0.15) is 11.2 Å². The van der Waals surface area contributed by atoms with E-state index in [4.69, 9.17) is 10.5 Å². The number of phenols is 1. The number of allylic oxidation sites excluding steroid dienone is 2. The summed E-state index contributed by atoms with van der Waals surface area (Å²) >= 11 is 0. The molecule has 3 aromatic carbocycles. The van der Waals surface area contributed by atoms with Crippen molar-refractivity contribution in [3.8, 4) is 23.3 Å². The van der Waals surface area contributed by atoms with E-state index in [2.05, 4.69) is 88.4 Å². The van der Waals surface area contributed by atoms with Gasteiger partial charge in [0.2, 0.25) is 0 Å². The van der Waals surface area contributed by atoms with Gasteiger partial charge in [0.05, 0.1) is 36.8 Å². The molecule has 13 heteroatoms. The minimum Gasteiger partial charge on any atom is -0.504 e. The van der Waals surface area contributed by atoms with Crippen LogP contribution < -0.4 is 26.4 Å². The van der Waals surface area contributed by atoms with Crippen molar-refractivity contribution in [1.29, 1.82) is 0 Å². The molecule has 1 saturated heterocycles. The number of carbonyl (C=O) groups excluding carboxylic acids is 2. The lowest BCUT2D eigenvalue weighted by Crippen LogP contribution is -2.65. The fourth-order valence-corrected chi connectivity index (χ4v) is 17.6. The molecule has 0 amide bonds. The third kappa shape index (κ3) is 10.0. The number of aliphatic hydroxyl groups is 4. The second-order valence-corrected chi connectivity index (χ2v) is 25.4. The Morgan fingerprint density at radius 1 is 0.937 bits per heavy atom. The normalized spacial score (nSPS) is 33.7. The first kappa shape index (κ1) is 54.1. The highest BCUT2D eigenvalue weighted by Gasteiger charge is 2.63. The van der Waals surface area contributed by atoms with Crippen LogP contribution in [0.3, 0.4) is 0 Å². The minimum atomic E-state index is -1.37. The monoisotopic (exact) mass is 1070 g/mol. The van der Waals surface area contributed by atoms with E-state index in [0.717, 1.165) is 85.6 Å². The Kier molecular flexibility index (Phi) is 15.2. The second kappa shape index (κ2) is 22.1. The Hall–Kier alpha value is -5.46. The van der Waals surface area contributed by atoms with Gasteiger partial charge in [-0.1, -0.05) is 80.1 Å². The minimum absolute atomic E-state index is 0.0107. The molecule has 79 heavy (non-hydrogen) atoms. The number of rotatable bonds is 15. The number of ketones is 2. The molecule has 2 aliphatic heterocycles. The lowest BCUT2D eigenvalue weighted by atomic mass is 9.43. The predicted molar refractivity (Wildman–Crippen MR) is 305 cm³/mol. The summed E-state index contributed by atoms with van der Waals surface area (Å²) in [6.07, 6.45) is 11.2. The number of methoxy groups -OCH3 is 1. The lowest BCUT2D eigenvalue weighted by Gasteiger charge is -2.64. The number of aromatic amines is 1. The predicted octanol–water partition coefficient (Wildman–Crippen LogP) is 7.87. The van der Waals surface area contributed by atoms with Gasteiger partial charge >= 0.3 is 0 Å². The number of hydrogen-bond donors (Lipinski definition) is 10. The molecule has 12 rings (SSSR count). The van der Waals surface area contributed by atoms with Crippen molar-refractivity contribution in [2.45, 2.75) is 157 Å². The van der Waals surface area contributed by atoms with Crippen LogP contribution in [0.1, 0.15) is 148 Å². The van der Waals surface area contributed by atoms with Crippen LogP contribution in [0.5, 0.6) is 11.5 Å². The SMILES string of the molecule is CCNCC1C2c3[nH]ccc3C3CC(=O)CC4NCC(C(CCC5(O)CCCC5)C1C1CCC5(C#CC(CC(O)C(O)CC(C6=CCNC(N)=C6)c6ccc7ccccc7c6)c6cc(O)c(OC)cc6CCC5=O)C(O)C1)C2C43. The maximum atomic E-state index is 15.2. The van der Waals surface area contributed by atoms with Gasteiger partial charge in [0.15, 0.2) is 17.3 Å². The van der Waals surface area contributed by atoms with Gasteiger partial charge in [-0.2, -0.15) is 0 Å². The number of dihydropyridines is 1. The number of nitrogens with one attached hydrogen (secondary N) is 4. The number of aromatic nitrogens is 1. The van der Waals surface area contributed by atoms with E-state index in [1.54, 1.807) is 12.1 Å². The molecule has 420 valence electrons. The summed E-state index contributed by atoms with van der Waals surface area (Å²) in [5, 5.41) is 73.9. The molecule has 4 aromatic rings. The number of benzene rings is 3. The Morgan fingerprint density at radius 2 is 1.76 bits per heavy atom. The Labute approximate surface area is 465 Å². The standard InChI is InChI=1S/C66H83N5O8/c1-3-68-35-51-60(45(16-21-65(78)19-6-7-20-65)50-36-71-52-32-44(72)31-49-46-18-25-70-64(46)63(51)62(50)61(49)52)43-15-23-66(58(77)29-43)22-14-41(48-34-55(75)56(79-2)28-40(48)12-13-57(66)76)27-53(73)54(74)33-47(42-17-24-69-59(67)30-42)39-11-10-37-8-4-5-9-38(37)26-39/h4-5,8-11,17-18,25-26,28,30,34,41,43,45,47,49-54,58,60-63,68-71,73-75,77-78H,3,6-7,12-13,15-16,19-21,23-24,27,29,31-33,35-36,67H2,1-2H3. The van der Waals surface area contributed by atoms with Gasteiger partial charge in [-0.3, -0.25) is 9.59 Å². The van der Waals surface area contributed by atoms with Gasteiger partial charge in [-0.15, -0.1) is 0 Å². The van der Waals surface area contributed by atoms with Crippen LogP contribution in [0.15, 0.2) is 90.4 Å². The topological polar surface area (TPSA) is 222 Å².